The first-order chi connectivity index (χ1) is 26.1. The van der Waals surface area contributed by atoms with E-state index in [0.717, 1.165) is 18.6 Å². The molecule has 19 heteroatoms. The molecule has 0 spiro atoms. The van der Waals surface area contributed by atoms with E-state index in [2.05, 4.69) is 15.0 Å². The van der Waals surface area contributed by atoms with Crippen molar-refractivity contribution in [2.75, 3.05) is 122 Å². The van der Waals surface area contributed by atoms with Crippen LogP contribution in [0.5, 0.6) is 17.2 Å². The van der Waals surface area contributed by atoms with Crippen LogP contribution in [0.2, 0.25) is 0 Å². The SMILES string of the molecule is COCCN(CCOC)C(=O)c1ccncc1[O-].COCCN(CCOC)C(=O)c1ccncc1[O-].COCCN(CCOC)C(=O)c1ccncc1[O-].[Fe+3]. The molecule has 1 radical (unpaired) electrons. The molecule has 0 saturated heterocycles. The minimum absolute atomic E-state index is 0. The summed E-state index contributed by atoms with van der Waals surface area (Å²) in [7, 11) is 9.36. The molecule has 0 saturated carbocycles. The van der Waals surface area contributed by atoms with E-state index in [1.807, 2.05) is 0 Å². The number of carbonyl (C=O) groups is 3. The number of hydrogen-bond donors (Lipinski definition) is 0. The molecule has 0 aromatic carbocycles. The molecule has 0 fully saturated rings. The number of amides is 3. The second-order valence-corrected chi connectivity index (χ2v) is 10.9. The topological polar surface area (TPSA) is 224 Å². The smallest absolute Gasteiger partial charge is 0.871 e. The van der Waals surface area contributed by atoms with Crippen LogP contribution in [-0.4, -0.2) is 169 Å². The molecule has 305 valence electrons. The van der Waals surface area contributed by atoms with Gasteiger partial charge in [0.25, 0.3) is 17.7 Å². The molecule has 0 bridgehead atoms. The van der Waals surface area contributed by atoms with E-state index < -0.39 is 0 Å². The van der Waals surface area contributed by atoms with E-state index in [1.165, 1.54) is 51.5 Å². The molecule has 0 aliphatic carbocycles. The molecule has 18 nitrogen and oxygen atoms in total. The minimum Gasteiger partial charge on any atom is -0.871 e. The monoisotopic (exact) mass is 815 g/mol. The van der Waals surface area contributed by atoms with Crippen molar-refractivity contribution in [2.45, 2.75) is 0 Å². The first-order valence-corrected chi connectivity index (χ1v) is 16.8. The Labute approximate surface area is 332 Å². The van der Waals surface area contributed by atoms with Crippen molar-refractivity contribution in [2.24, 2.45) is 0 Å². The van der Waals surface area contributed by atoms with Crippen LogP contribution in [0.3, 0.4) is 0 Å². The third kappa shape index (κ3) is 19.1. The summed E-state index contributed by atoms with van der Waals surface area (Å²) >= 11 is 0. The van der Waals surface area contributed by atoms with Crippen molar-refractivity contribution in [3.8, 4) is 17.2 Å². The van der Waals surface area contributed by atoms with E-state index >= 15 is 0 Å². The quantitative estimate of drug-likeness (QED) is 0.126. The van der Waals surface area contributed by atoms with Crippen molar-refractivity contribution in [1.29, 1.82) is 0 Å². The zero-order valence-corrected chi connectivity index (χ0v) is 33.2. The zero-order chi connectivity index (χ0) is 40.1. The Morgan fingerprint density at radius 2 is 0.655 bits per heavy atom. The normalized spacial score (nSPS) is 10.1. The second-order valence-electron chi connectivity index (χ2n) is 10.9. The molecular formula is C36H51FeN6O12. The van der Waals surface area contributed by atoms with E-state index in [0.29, 0.717) is 78.9 Å². The van der Waals surface area contributed by atoms with E-state index in [1.54, 1.807) is 42.7 Å². The maximum atomic E-state index is 12.2. The number of ether oxygens (including phenoxy) is 6. The number of carbonyl (C=O) groups excluding carboxylic acids is 3. The Morgan fingerprint density at radius 3 is 0.818 bits per heavy atom. The van der Waals surface area contributed by atoms with Crippen LogP contribution in [0.1, 0.15) is 31.1 Å². The molecule has 3 rings (SSSR count). The van der Waals surface area contributed by atoms with Crippen molar-refractivity contribution >= 4 is 17.7 Å². The molecule has 3 amide bonds. The fourth-order valence-electron chi connectivity index (χ4n) is 4.33. The predicted octanol–water partition coefficient (Wildman–Crippen LogP) is -0.332. The van der Waals surface area contributed by atoms with Gasteiger partial charge in [-0.1, -0.05) is 17.2 Å². The Hall–Kier alpha value is -4.46. The summed E-state index contributed by atoms with van der Waals surface area (Å²) in [6.07, 6.45) is 7.70. The van der Waals surface area contributed by atoms with Crippen molar-refractivity contribution < 1.29 is 75.2 Å². The summed E-state index contributed by atoms with van der Waals surface area (Å²) < 4.78 is 29.7. The summed E-state index contributed by atoms with van der Waals surface area (Å²) in [6.45, 7) is 4.97. The summed E-state index contributed by atoms with van der Waals surface area (Å²) in [4.78, 5) is 52.1. The van der Waals surface area contributed by atoms with Gasteiger partial charge in [0.15, 0.2) is 0 Å². The summed E-state index contributed by atoms with van der Waals surface area (Å²) in [6, 6.07) is 4.28. The fourth-order valence-corrected chi connectivity index (χ4v) is 4.33. The molecule has 0 N–H and O–H groups in total. The van der Waals surface area contributed by atoms with Crippen LogP contribution in [0.4, 0.5) is 0 Å². The molecule has 3 aromatic heterocycles. The van der Waals surface area contributed by atoms with Gasteiger partial charge in [0, 0.05) is 136 Å². The first kappa shape index (κ1) is 50.5. The van der Waals surface area contributed by atoms with Crippen molar-refractivity contribution in [1.82, 2.24) is 29.7 Å². The van der Waals surface area contributed by atoms with Crippen LogP contribution in [0, 0.1) is 0 Å². The number of methoxy groups -OCH3 is 6. The molecule has 3 aromatic rings. The standard InChI is InChI=1S/3C12H18N2O4.Fe/c3*1-17-7-5-14(6-8-18-2)12(16)10-3-4-13-9-11(10)15;/h3*3-4,9,15H,5-8H2,1-2H3;/q;;;+3/p-3. The van der Waals surface area contributed by atoms with E-state index in [-0.39, 0.29) is 68.7 Å². The van der Waals surface area contributed by atoms with Gasteiger partial charge in [-0.2, -0.15) is 0 Å². The number of hydrogen-bond acceptors (Lipinski definition) is 15. The summed E-state index contributed by atoms with van der Waals surface area (Å²) in [5, 5.41) is 34.6. The molecule has 0 unspecified atom stereocenters. The minimum atomic E-state index is -0.373. The molecule has 0 atom stereocenters. The van der Waals surface area contributed by atoms with Crippen LogP contribution in [0.15, 0.2) is 55.4 Å². The Balaban J connectivity index is 0.000000788. The van der Waals surface area contributed by atoms with Crippen LogP contribution < -0.4 is 15.3 Å². The van der Waals surface area contributed by atoms with Gasteiger partial charge in [-0.15, -0.1) is 0 Å². The number of nitrogens with zero attached hydrogens (tertiary/aromatic N) is 6. The Morgan fingerprint density at radius 1 is 0.455 bits per heavy atom. The summed E-state index contributed by atoms with van der Waals surface area (Å²) in [5.74, 6) is -2.09. The summed E-state index contributed by atoms with van der Waals surface area (Å²) in [5.41, 5.74) is 0.367. The largest absolute Gasteiger partial charge is 3.00 e. The maximum Gasteiger partial charge on any atom is 3.00 e. The van der Waals surface area contributed by atoms with E-state index in [9.17, 15) is 29.7 Å². The molecule has 55 heavy (non-hydrogen) atoms. The average molecular weight is 816 g/mol. The van der Waals surface area contributed by atoms with Crippen molar-refractivity contribution in [3.05, 3.63) is 72.1 Å². The Bertz CT molecular complexity index is 1310. The van der Waals surface area contributed by atoms with Gasteiger partial charge in [-0.3, -0.25) is 29.3 Å². The third-order valence-corrected chi connectivity index (χ3v) is 7.30. The van der Waals surface area contributed by atoms with Gasteiger partial charge in [0.05, 0.1) is 39.6 Å². The Kier molecular flexibility index (Phi) is 28.3. The van der Waals surface area contributed by atoms with Gasteiger partial charge < -0.3 is 58.4 Å². The first-order valence-electron chi connectivity index (χ1n) is 16.8. The van der Waals surface area contributed by atoms with Gasteiger partial charge >= 0.3 is 17.1 Å². The zero-order valence-electron chi connectivity index (χ0n) is 32.1. The molecule has 0 aliphatic heterocycles. The van der Waals surface area contributed by atoms with Crippen molar-refractivity contribution in [3.63, 3.8) is 0 Å². The number of pyridine rings is 3. The maximum absolute atomic E-state index is 12.2. The van der Waals surface area contributed by atoms with Crippen LogP contribution in [-0.2, 0) is 45.5 Å². The average Bonchev–Trinajstić information content (AvgIpc) is 3.18. The van der Waals surface area contributed by atoms with Gasteiger partial charge in [0.2, 0.25) is 0 Å². The fraction of sp³-hybridized carbons (Fsp3) is 0.500. The molecule has 0 aliphatic rings. The van der Waals surface area contributed by atoms with E-state index in [4.69, 9.17) is 28.4 Å². The third-order valence-electron chi connectivity index (χ3n) is 7.30. The number of aromatic nitrogens is 3. The van der Waals surface area contributed by atoms with Crippen LogP contribution >= 0.6 is 0 Å². The molecule has 3 heterocycles. The predicted molar refractivity (Wildman–Crippen MR) is 190 cm³/mol. The molecular weight excluding hydrogens is 764 g/mol. The van der Waals surface area contributed by atoms with Gasteiger partial charge in [-0.05, 0) is 18.2 Å². The van der Waals surface area contributed by atoms with Gasteiger partial charge in [0.1, 0.15) is 0 Å². The number of rotatable bonds is 21. The van der Waals surface area contributed by atoms with Gasteiger partial charge in [-0.25, -0.2) is 0 Å². The van der Waals surface area contributed by atoms with Crippen LogP contribution in [0.25, 0.3) is 0 Å². The second kappa shape index (κ2) is 30.8.